The van der Waals surface area contributed by atoms with Gasteiger partial charge in [0.1, 0.15) is 6.10 Å². The number of esters is 2. The van der Waals surface area contributed by atoms with Crippen molar-refractivity contribution in [3.05, 3.63) is 71.8 Å². The van der Waals surface area contributed by atoms with Crippen LogP contribution in [0.5, 0.6) is 0 Å². The Bertz CT molecular complexity index is 884. The first-order valence-electron chi connectivity index (χ1n) is 11.3. The summed E-state index contributed by atoms with van der Waals surface area (Å²) in [7, 11) is 0. The summed E-state index contributed by atoms with van der Waals surface area (Å²) in [6, 6.07) is 17.4. The molecule has 1 heterocycles. The lowest BCUT2D eigenvalue weighted by Gasteiger charge is -2.40. The van der Waals surface area contributed by atoms with Gasteiger partial charge in [-0.3, -0.25) is 0 Å². The molecule has 1 fully saturated rings. The zero-order valence-electron chi connectivity index (χ0n) is 19.3. The monoisotopic (exact) mass is 456 g/mol. The zero-order valence-corrected chi connectivity index (χ0v) is 19.3. The van der Waals surface area contributed by atoms with E-state index in [1.807, 2.05) is 19.1 Å². The smallest absolute Gasteiger partial charge is 0.338 e. The van der Waals surface area contributed by atoms with E-state index in [4.69, 9.17) is 18.9 Å². The van der Waals surface area contributed by atoms with Crippen LogP contribution in [0.3, 0.4) is 0 Å². The maximum atomic E-state index is 12.7. The number of carbonyl (C=O) groups is 2. The van der Waals surface area contributed by atoms with E-state index < -0.39 is 42.6 Å². The summed E-state index contributed by atoms with van der Waals surface area (Å²) < 4.78 is 23.5. The molecule has 7 nitrogen and oxygen atoms in total. The average molecular weight is 457 g/mol. The number of aliphatic hydroxyl groups excluding tert-OH is 1. The van der Waals surface area contributed by atoms with Crippen molar-refractivity contribution in [1.29, 1.82) is 0 Å². The summed E-state index contributed by atoms with van der Waals surface area (Å²) in [6.07, 6.45) is -1.87. The molecule has 3 rings (SSSR count). The van der Waals surface area contributed by atoms with E-state index in [1.165, 1.54) is 0 Å². The predicted molar refractivity (Wildman–Crippen MR) is 122 cm³/mol. The first-order chi connectivity index (χ1) is 15.8. The molecule has 0 spiro atoms. The molecule has 0 bridgehead atoms. The van der Waals surface area contributed by atoms with Crippen LogP contribution in [0, 0.1) is 0 Å². The number of carbonyl (C=O) groups excluding carboxylic acids is 2. The molecule has 2 aromatic rings. The quantitative estimate of drug-likeness (QED) is 0.567. The van der Waals surface area contributed by atoms with Gasteiger partial charge in [0.2, 0.25) is 0 Å². The molecule has 0 radical (unpaired) electrons. The Morgan fingerprint density at radius 2 is 1.42 bits per heavy atom. The van der Waals surface area contributed by atoms with Crippen LogP contribution in [-0.4, -0.2) is 53.9 Å². The average Bonchev–Trinajstić information content (AvgIpc) is 2.81. The Kier molecular flexibility index (Phi) is 9.00. The molecule has 178 valence electrons. The van der Waals surface area contributed by atoms with E-state index in [0.717, 1.165) is 0 Å². The topological polar surface area (TPSA) is 91.3 Å². The first-order valence-corrected chi connectivity index (χ1v) is 11.3. The van der Waals surface area contributed by atoms with Crippen molar-refractivity contribution in [2.75, 3.05) is 0 Å². The molecular weight excluding hydrogens is 424 g/mol. The van der Waals surface area contributed by atoms with Crippen molar-refractivity contribution in [2.45, 2.75) is 76.8 Å². The van der Waals surface area contributed by atoms with Crippen molar-refractivity contribution in [3.63, 3.8) is 0 Å². The number of rotatable bonds is 9. The second-order valence-corrected chi connectivity index (χ2v) is 8.44. The van der Waals surface area contributed by atoms with E-state index in [1.54, 1.807) is 62.4 Å². The number of benzene rings is 2. The molecule has 6 atom stereocenters. The molecule has 2 aromatic carbocycles. The van der Waals surface area contributed by atoms with Crippen LogP contribution in [0.1, 0.15) is 60.7 Å². The minimum absolute atomic E-state index is 0.224. The van der Waals surface area contributed by atoms with Crippen molar-refractivity contribution in [2.24, 2.45) is 0 Å². The maximum absolute atomic E-state index is 12.7. The van der Waals surface area contributed by atoms with Gasteiger partial charge in [-0.1, -0.05) is 36.4 Å². The largest absolute Gasteiger partial charge is 0.456 e. The Hall–Kier alpha value is -2.74. The van der Waals surface area contributed by atoms with Crippen LogP contribution in [-0.2, 0) is 18.9 Å². The van der Waals surface area contributed by atoms with Crippen LogP contribution >= 0.6 is 0 Å². The third-order valence-electron chi connectivity index (χ3n) is 5.53. The Balaban J connectivity index is 1.71. The van der Waals surface area contributed by atoms with Gasteiger partial charge in [0, 0.05) is 6.42 Å². The molecule has 0 aromatic heterocycles. The Labute approximate surface area is 194 Å². The summed E-state index contributed by atoms with van der Waals surface area (Å²) in [5.74, 6) is -0.967. The SMILES string of the molecule is C[C@H](CC[C@@H](C)O)O[C@@H]1O[C@@H](C)[C@H](OC(=O)c2ccccc2)C[C@H]1OC(=O)c1ccccc1. The molecule has 1 N–H and O–H groups in total. The summed E-state index contributed by atoms with van der Waals surface area (Å²) in [5, 5.41) is 9.55. The molecule has 33 heavy (non-hydrogen) atoms. The van der Waals surface area contributed by atoms with Crippen molar-refractivity contribution >= 4 is 11.9 Å². The van der Waals surface area contributed by atoms with Crippen LogP contribution in [0.15, 0.2) is 60.7 Å². The molecular formula is C26H32O7. The highest BCUT2D eigenvalue weighted by molar-refractivity contribution is 5.90. The van der Waals surface area contributed by atoms with Crippen molar-refractivity contribution in [1.82, 2.24) is 0 Å². The lowest BCUT2D eigenvalue weighted by atomic mass is 10.0. The van der Waals surface area contributed by atoms with Gasteiger partial charge in [-0.15, -0.1) is 0 Å². The van der Waals surface area contributed by atoms with E-state index in [0.29, 0.717) is 24.0 Å². The number of hydrogen-bond donors (Lipinski definition) is 1. The summed E-state index contributed by atoms with van der Waals surface area (Å²) in [4.78, 5) is 25.3. The molecule has 1 aliphatic rings. The van der Waals surface area contributed by atoms with Gasteiger partial charge >= 0.3 is 11.9 Å². The molecule has 1 aliphatic heterocycles. The second kappa shape index (κ2) is 11.9. The van der Waals surface area contributed by atoms with Gasteiger partial charge in [-0.25, -0.2) is 9.59 Å². The van der Waals surface area contributed by atoms with Gasteiger partial charge in [-0.2, -0.15) is 0 Å². The number of hydrogen-bond acceptors (Lipinski definition) is 7. The van der Waals surface area contributed by atoms with Gasteiger partial charge in [0.05, 0.1) is 29.4 Å². The fourth-order valence-electron chi connectivity index (χ4n) is 3.62. The van der Waals surface area contributed by atoms with Gasteiger partial charge in [0.25, 0.3) is 0 Å². The Morgan fingerprint density at radius 3 is 1.94 bits per heavy atom. The minimum Gasteiger partial charge on any atom is -0.456 e. The fraction of sp³-hybridized carbons (Fsp3) is 0.462. The van der Waals surface area contributed by atoms with Gasteiger partial charge in [-0.05, 0) is 57.9 Å². The van der Waals surface area contributed by atoms with E-state index in [2.05, 4.69) is 0 Å². The highest BCUT2D eigenvalue weighted by atomic mass is 16.7. The normalized spacial score (nSPS) is 24.5. The maximum Gasteiger partial charge on any atom is 0.338 e. The predicted octanol–water partition coefficient (Wildman–Crippen LogP) is 4.14. The number of aliphatic hydroxyl groups is 1. The van der Waals surface area contributed by atoms with Crippen LogP contribution in [0.25, 0.3) is 0 Å². The lowest BCUT2D eigenvalue weighted by Crippen LogP contribution is -2.51. The minimum atomic E-state index is -0.816. The highest BCUT2D eigenvalue weighted by Crippen LogP contribution is 2.28. The van der Waals surface area contributed by atoms with Crippen molar-refractivity contribution in [3.8, 4) is 0 Å². The lowest BCUT2D eigenvalue weighted by molar-refractivity contribution is -0.272. The number of ether oxygens (including phenoxy) is 4. The van der Waals surface area contributed by atoms with Gasteiger partial charge in [0.15, 0.2) is 12.4 Å². The van der Waals surface area contributed by atoms with Crippen LogP contribution < -0.4 is 0 Å². The van der Waals surface area contributed by atoms with Crippen molar-refractivity contribution < 1.29 is 33.6 Å². The molecule has 7 heteroatoms. The van der Waals surface area contributed by atoms with E-state index >= 15 is 0 Å². The molecule has 0 aliphatic carbocycles. The highest BCUT2D eigenvalue weighted by Gasteiger charge is 2.42. The van der Waals surface area contributed by atoms with Crippen LogP contribution in [0.2, 0.25) is 0 Å². The standard InChI is InChI=1S/C26H32O7/c1-17(27)14-15-18(2)30-26-23(33-25(29)21-12-8-5-9-13-21)16-22(19(3)31-26)32-24(28)20-10-6-4-7-11-20/h4-13,17-19,22-23,26-27H,14-16H2,1-3H3/t17-,18-,19+,22-,23-,26-/m1/s1. The summed E-state index contributed by atoms with van der Waals surface area (Å²) in [6.45, 7) is 5.41. The Morgan fingerprint density at radius 1 is 0.909 bits per heavy atom. The zero-order chi connectivity index (χ0) is 23.8. The molecule has 0 unspecified atom stereocenters. The van der Waals surface area contributed by atoms with E-state index in [-0.39, 0.29) is 12.5 Å². The second-order valence-electron chi connectivity index (χ2n) is 8.44. The third kappa shape index (κ3) is 7.39. The van der Waals surface area contributed by atoms with Crippen LogP contribution in [0.4, 0.5) is 0 Å². The third-order valence-corrected chi connectivity index (χ3v) is 5.53. The molecule has 0 saturated carbocycles. The van der Waals surface area contributed by atoms with Gasteiger partial charge < -0.3 is 24.1 Å². The fourth-order valence-corrected chi connectivity index (χ4v) is 3.62. The molecule has 0 amide bonds. The molecule has 1 saturated heterocycles. The first kappa shape index (κ1) is 24.9. The summed E-state index contributed by atoms with van der Waals surface area (Å²) in [5.41, 5.74) is 0.850. The summed E-state index contributed by atoms with van der Waals surface area (Å²) >= 11 is 0. The van der Waals surface area contributed by atoms with E-state index in [9.17, 15) is 14.7 Å².